The molecule has 6 nitrogen and oxygen atoms in total. The zero-order valence-electron chi connectivity index (χ0n) is 16.6. The molecule has 1 N–H and O–H groups in total. The van der Waals surface area contributed by atoms with Crippen LogP contribution in [-0.2, 0) is 19.4 Å². The molecule has 160 valence electrons. The van der Waals surface area contributed by atoms with E-state index in [0.717, 1.165) is 4.47 Å². The number of hydrogen-bond acceptors (Lipinski definition) is 5. The molecule has 1 aliphatic rings. The zero-order chi connectivity index (χ0) is 22.3. The van der Waals surface area contributed by atoms with Crippen LogP contribution in [0.5, 0.6) is 0 Å². The van der Waals surface area contributed by atoms with Crippen LogP contribution < -0.4 is 5.32 Å². The number of alkyl carbamates (subject to hydrolysis) is 1. The molecule has 0 aromatic heterocycles. The van der Waals surface area contributed by atoms with Crippen molar-refractivity contribution in [2.75, 3.05) is 0 Å². The number of halogens is 2. The molecule has 30 heavy (non-hydrogen) atoms. The first-order valence-corrected chi connectivity index (χ1v) is 11.8. The Labute approximate surface area is 189 Å². The third kappa shape index (κ3) is 4.40. The van der Waals surface area contributed by atoms with E-state index >= 15 is 0 Å². The predicted octanol–water partition coefficient (Wildman–Crippen LogP) is 4.50. The summed E-state index contributed by atoms with van der Waals surface area (Å²) in [4.78, 5) is 24.7. The van der Waals surface area contributed by atoms with Gasteiger partial charge in [0, 0.05) is 15.4 Å². The van der Waals surface area contributed by atoms with E-state index in [9.17, 15) is 18.0 Å². The van der Waals surface area contributed by atoms with Gasteiger partial charge >= 0.3 is 6.09 Å². The summed E-state index contributed by atoms with van der Waals surface area (Å²) in [6, 6.07) is 12.7. The van der Waals surface area contributed by atoms with E-state index in [0.29, 0.717) is 16.9 Å². The topological polar surface area (TPSA) is 89.5 Å². The zero-order valence-corrected chi connectivity index (χ0v) is 19.7. The summed E-state index contributed by atoms with van der Waals surface area (Å²) in [6.45, 7) is 5.05. The highest BCUT2D eigenvalue weighted by atomic mass is 79.9. The quantitative estimate of drug-likeness (QED) is 0.593. The van der Waals surface area contributed by atoms with Gasteiger partial charge in [0.15, 0.2) is 9.84 Å². The maximum Gasteiger partial charge on any atom is 0.408 e. The molecule has 0 radical (unpaired) electrons. The largest absolute Gasteiger partial charge is 0.444 e. The van der Waals surface area contributed by atoms with Crippen molar-refractivity contribution in [2.24, 2.45) is 0 Å². The monoisotopic (exact) mass is 513 g/mol. The van der Waals surface area contributed by atoms with Crippen molar-refractivity contribution in [2.45, 2.75) is 48.0 Å². The molecule has 2 aromatic carbocycles. The highest BCUT2D eigenvalue weighted by Crippen LogP contribution is 2.56. The molecule has 1 aliphatic carbocycles. The Bertz CT molecular complexity index is 1060. The van der Waals surface area contributed by atoms with Crippen LogP contribution in [0.15, 0.2) is 57.9 Å². The maximum atomic E-state index is 13.4. The number of nitrogens with one attached hydrogen (secondary N) is 1. The number of rotatable bonds is 5. The van der Waals surface area contributed by atoms with Gasteiger partial charge in [0.25, 0.3) is 0 Å². The molecule has 1 amide bonds. The first kappa shape index (κ1) is 22.8. The molecular weight excluding hydrogens is 494 g/mol. The highest BCUT2D eigenvalue weighted by molar-refractivity contribution is 9.10. The van der Waals surface area contributed by atoms with Crippen molar-refractivity contribution in [1.29, 1.82) is 0 Å². The van der Waals surface area contributed by atoms with Gasteiger partial charge in [-0.1, -0.05) is 39.7 Å². The van der Waals surface area contributed by atoms with Crippen LogP contribution in [0.25, 0.3) is 0 Å². The lowest BCUT2D eigenvalue weighted by atomic mass is 10.1. The molecule has 2 aromatic rings. The van der Waals surface area contributed by atoms with Crippen LogP contribution in [0.2, 0.25) is 5.02 Å². The average molecular weight is 515 g/mol. The minimum absolute atomic E-state index is 0.0220. The lowest BCUT2D eigenvalue weighted by Gasteiger charge is -2.22. The van der Waals surface area contributed by atoms with Crippen LogP contribution >= 0.6 is 27.5 Å². The number of benzene rings is 2. The van der Waals surface area contributed by atoms with Gasteiger partial charge in [-0.2, -0.15) is 0 Å². The van der Waals surface area contributed by atoms with Crippen molar-refractivity contribution in [3.63, 3.8) is 0 Å². The van der Waals surface area contributed by atoms with Gasteiger partial charge in [0.1, 0.15) is 22.7 Å². The van der Waals surface area contributed by atoms with Crippen LogP contribution in [0.1, 0.15) is 32.3 Å². The van der Waals surface area contributed by atoms with Crippen molar-refractivity contribution < 1.29 is 22.7 Å². The standard InChI is InChI=1S/C21H21BrClNO5S/c1-20(2,3)29-19(26)24-21(12-25)17(13-4-6-14(22)7-5-13)18(21)30(27,28)16-10-8-15(23)9-11-16/h4-12,17-18H,1-3H3,(H,24,26). The van der Waals surface area contributed by atoms with E-state index in [1.165, 1.54) is 24.3 Å². The smallest absolute Gasteiger partial charge is 0.408 e. The Balaban J connectivity index is 2.04. The van der Waals surface area contributed by atoms with E-state index < -0.39 is 38.2 Å². The summed E-state index contributed by atoms with van der Waals surface area (Å²) in [5.74, 6) is -0.767. The maximum absolute atomic E-state index is 13.4. The Morgan fingerprint density at radius 3 is 2.20 bits per heavy atom. The van der Waals surface area contributed by atoms with Crippen LogP contribution in [0.4, 0.5) is 4.79 Å². The molecule has 0 saturated heterocycles. The Kier molecular flexibility index (Phi) is 6.06. The van der Waals surface area contributed by atoms with E-state index in [1.807, 2.05) is 0 Å². The van der Waals surface area contributed by atoms with Gasteiger partial charge in [-0.25, -0.2) is 13.2 Å². The van der Waals surface area contributed by atoms with Crippen molar-refractivity contribution in [1.82, 2.24) is 5.32 Å². The first-order chi connectivity index (χ1) is 13.9. The lowest BCUT2D eigenvalue weighted by molar-refractivity contribution is -0.110. The second-order valence-corrected chi connectivity index (χ2v) is 11.5. The molecule has 3 unspecified atom stereocenters. The minimum Gasteiger partial charge on any atom is -0.444 e. The van der Waals surface area contributed by atoms with Crippen LogP contribution in [0, 0.1) is 0 Å². The Morgan fingerprint density at radius 2 is 1.70 bits per heavy atom. The Hall–Kier alpha value is -1.90. The van der Waals surface area contributed by atoms with Crippen molar-refractivity contribution >= 4 is 49.7 Å². The number of aldehydes is 1. The van der Waals surface area contributed by atoms with Crippen molar-refractivity contribution in [3.05, 3.63) is 63.6 Å². The molecule has 0 spiro atoms. The third-order valence-electron chi connectivity index (χ3n) is 4.80. The number of ether oxygens (including phenoxy) is 1. The van der Waals surface area contributed by atoms with Gasteiger partial charge in [0.05, 0.1) is 4.90 Å². The van der Waals surface area contributed by atoms with E-state index in [1.54, 1.807) is 45.0 Å². The number of hydrogen-bond donors (Lipinski definition) is 1. The van der Waals surface area contributed by atoms with Gasteiger partial charge in [-0.3, -0.25) is 0 Å². The highest BCUT2D eigenvalue weighted by Gasteiger charge is 2.73. The van der Waals surface area contributed by atoms with Crippen molar-refractivity contribution in [3.8, 4) is 0 Å². The summed E-state index contributed by atoms with van der Waals surface area (Å²) in [7, 11) is -3.97. The van der Waals surface area contributed by atoms with Gasteiger partial charge in [0.2, 0.25) is 0 Å². The van der Waals surface area contributed by atoms with Crippen LogP contribution in [0.3, 0.4) is 0 Å². The molecule has 3 rings (SSSR count). The van der Waals surface area contributed by atoms with E-state index in [4.69, 9.17) is 16.3 Å². The lowest BCUT2D eigenvalue weighted by Crippen LogP contribution is -2.45. The summed E-state index contributed by atoms with van der Waals surface area (Å²) >= 11 is 9.22. The predicted molar refractivity (Wildman–Crippen MR) is 117 cm³/mol. The fourth-order valence-electron chi connectivity index (χ4n) is 3.50. The third-order valence-corrected chi connectivity index (χ3v) is 7.84. The molecule has 0 heterocycles. The fourth-order valence-corrected chi connectivity index (χ4v) is 6.14. The molecule has 3 atom stereocenters. The summed E-state index contributed by atoms with van der Waals surface area (Å²) in [5.41, 5.74) is -1.83. The molecule has 0 bridgehead atoms. The summed E-state index contributed by atoms with van der Waals surface area (Å²) < 4.78 is 32.9. The minimum atomic E-state index is -3.97. The van der Waals surface area contributed by atoms with Crippen LogP contribution in [-0.4, -0.2) is 37.2 Å². The van der Waals surface area contributed by atoms with Gasteiger partial charge < -0.3 is 14.8 Å². The number of carbonyl (C=O) groups excluding carboxylic acids is 2. The molecule has 9 heteroatoms. The normalized spacial score (nSPS) is 23.5. The molecule has 1 saturated carbocycles. The fraction of sp³-hybridized carbons (Fsp3) is 0.333. The van der Waals surface area contributed by atoms with E-state index in [2.05, 4.69) is 21.2 Å². The molecule has 1 fully saturated rings. The Morgan fingerprint density at radius 1 is 1.13 bits per heavy atom. The number of amides is 1. The summed E-state index contributed by atoms with van der Waals surface area (Å²) in [6.07, 6.45) is -0.368. The molecule has 0 aliphatic heterocycles. The number of carbonyl (C=O) groups is 2. The SMILES string of the molecule is CC(C)(C)OC(=O)NC1(C=O)C(c2ccc(Br)cc2)C1S(=O)(=O)c1ccc(Cl)cc1. The van der Waals surface area contributed by atoms with Gasteiger partial charge in [-0.05, 0) is 62.7 Å². The van der Waals surface area contributed by atoms with E-state index in [-0.39, 0.29) is 4.90 Å². The first-order valence-electron chi connectivity index (χ1n) is 9.13. The second kappa shape index (κ2) is 7.98. The second-order valence-electron chi connectivity index (χ2n) is 8.13. The summed E-state index contributed by atoms with van der Waals surface area (Å²) in [5, 5.41) is 1.74. The number of sulfone groups is 1. The molecular formula is C21H21BrClNO5S. The average Bonchev–Trinajstić information content (AvgIpc) is 3.30. The van der Waals surface area contributed by atoms with Gasteiger partial charge in [-0.15, -0.1) is 0 Å².